The fraction of sp³-hybridized carbons (Fsp3) is 0.391. The predicted molar refractivity (Wildman–Crippen MR) is 121 cm³/mol. The van der Waals surface area contributed by atoms with Gasteiger partial charge in [-0.2, -0.15) is 9.94 Å². The van der Waals surface area contributed by atoms with Crippen LogP contribution >= 0.6 is 15.9 Å². The molecule has 3 aromatic rings. The molecule has 2 aromatic heterocycles. The fourth-order valence-electron chi connectivity index (χ4n) is 3.73. The minimum absolute atomic E-state index is 0.243. The number of hydrogen-bond donors (Lipinski definition) is 0. The van der Waals surface area contributed by atoms with Crippen molar-refractivity contribution in [3.63, 3.8) is 0 Å². The number of rotatable bonds is 3. The van der Waals surface area contributed by atoms with Crippen LogP contribution in [-0.4, -0.2) is 33.6 Å². The van der Waals surface area contributed by atoms with Gasteiger partial charge in [0.05, 0.1) is 29.3 Å². The molecule has 0 N–H and O–H groups in total. The van der Waals surface area contributed by atoms with Crippen LogP contribution in [0, 0.1) is 11.3 Å². The minimum Gasteiger partial charge on any atom is -0.484 e. The van der Waals surface area contributed by atoms with E-state index in [1.807, 2.05) is 6.07 Å². The van der Waals surface area contributed by atoms with E-state index in [2.05, 4.69) is 32.1 Å². The number of benzene rings is 1. The third-order valence-electron chi connectivity index (χ3n) is 5.08. The highest BCUT2D eigenvalue weighted by Crippen LogP contribution is 2.36. The normalized spacial score (nSPS) is 15.7. The Morgan fingerprint density at radius 2 is 2.09 bits per heavy atom. The zero-order valence-corrected chi connectivity index (χ0v) is 19.9. The van der Waals surface area contributed by atoms with Crippen LogP contribution in [0.15, 0.2) is 28.9 Å². The van der Waals surface area contributed by atoms with Gasteiger partial charge in [0.1, 0.15) is 28.1 Å². The third-order valence-corrected chi connectivity index (χ3v) is 5.69. The van der Waals surface area contributed by atoms with Gasteiger partial charge < -0.3 is 14.2 Å². The van der Waals surface area contributed by atoms with Crippen LogP contribution in [0.1, 0.15) is 56.5 Å². The minimum atomic E-state index is -0.646. The summed E-state index contributed by atoms with van der Waals surface area (Å²) in [4.78, 5) is 17.2. The fourth-order valence-corrected chi connectivity index (χ4v) is 4.13. The average molecular weight is 499 g/mol. The van der Waals surface area contributed by atoms with E-state index >= 15 is 0 Å². The summed E-state index contributed by atoms with van der Waals surface area (Å²) < 4.78 is 18.8. The molecule has 0 saturated heterocycles. The number of methoxy groups -OCH3 is 1. The van der Waals surface area contributed by atoms with E-state index in [4.69, 9.17) is 14.2 Å². The number of fused-ring (bicyclic) bond motifs is 2. The van der Waals surface area contributed by atoms with Crippen LogP contribution in [0.25, 0.3) is 10.9 Å². The molecular weight excluding hydrogens is 476 g/mol. The van der Waals surface area contributed by atoms with Crippen LogP contribution in [0.2, 0.25) is 0 Å². The van der Waals surface area contributed by atoms with Gasteiger partial charge in [0.15, 0.2) is 0 Å². The van der Waals surface area contributed by atoms with Crippen molar-refractivity contribution in [2.75, 3.05) is 7.11 Å². The van der Waals surface area contributed by atoms with Gasteiger partial charge in [0, 0.05) is 0 Å². The summed E-state index contributed by atoms with van der Waals surface area (Å²) in [6.07, 6.45) is 1.79. The first-order valence-corrected chi connectivity index (χ1v) is 11.1. The Hall–Kier alpha value is -3.12. The van der Waals surface area contributed by atoms with Crippen molar-refractivity contribution in [3.05, 3.63) is 45.7 Å². The summed E-state index contributed by atoms with van der Waals surface area (Å²) in [5, 5.41) is 14.2. The van der Waals surface area contributed by atoms with Crippen LogP contribution in [0.4, 0.5) is 4.79 Å². The van der Waals surface area contributed by atoms with E-state index in [1.54, 1.807) is 39.0 Å². The first kappa shape index (κ1) is 22.1. The quantitative estimate of drug-likeness (QED) is 0.450. The van der Waals surface area contributed by atoms with Crippen molar-refractivity contribution < 1.29 is 19.0 Å². The highest BCUT2D eigenvalue weighted by Gasteiger charge is 2.27. The Bertz CT molecular complexity index is 1240. The molecule has 32 heavy (non-hydrogen) atoms. The first-order valence-electron chi connectivity index (χ1n) is 10.3. The summed E-state index contributed by atoms with van der Waals surface area (Å²) in [6.45, 7) is 5.40. The summed E-state index contributed by atoms with van der Waals surface area (Å²) in [5.74, 6) is 0.916. The number of pyridine rings is 1. The van der Waals surface area contributed by atoms with Gasteiger partial charge in [-0.3, -0.25) is 0 Å². The monoisotopic (exact) mass is 498 g/mol. The van der Waals surface area contributed by atoms with Crippen molar-refractivity contribution in [1.82, 2.24) is 14.8 Å². The standard InChI is InChI=1S/C23H23BrN4O4/c1-23(2,3)32-22(29)28-17-9-8-15(11-16(17)21(27-28)30-4)31-18-7-5-6-13-10-14(12-25)20(24)26-19(13)18/h8-11,18H,5-7H2,1-4H3. The molecule has 1 atom stereocenters. The summed E-state index contributed by atoms with van der Waals surface area (Å²) >= 11 is 3.38. The number of aromatic nitrogens is 3. The second kappa shape index (κ2) is 8.43. The van der Waals surface area contributed by atoms with E-state index in [9.17, 15) is 10.1 Å². The van der Waals surface area contributed by atoms with Crippen LogP contribution < -0.4 is 9.47 Å². The molecule has 0 bridgehead atoms. The lowest BCUT2D eigenvalue weighted by Gasteiger charge is -2.25. The van der Waals surface area contributed by atoms with Gasteiger partial charge in [0.2, 0.25) is 5.88 Å². The molecular formula is C23H23BrN4O4. The third kappa shape index (κ3) is 4.28. The van der Waals surface area contributed by atoms with Crippen LogP contribution in [0.5, 0.6) is 11.6 Å². The van der Waals surface area contributed by atoms with Crippen molar-refractivity contribution in [2.24, 2.45) is 0 Å². The van der Waals surface area contributed by atoms with Crippen molar-refractivity contribution >= 4 is 32.9 Å². The van der Waals surface area contributed by atoms with Crippen molar-refractivity contribution in [3.8, 4) is 17.7 Å². The summed E-state index contributed by atoms with van der Waals surface area (Å²) in [7, 11) is 1.50. The van der Waals surface area contributed by atoms with E-state index in [0.29, 0.717) is 32.7 Å². The Kier molecular flexibility index (Phi) is 5.82. The maximum absolute atomic E-state index is 12.6. The molecule has 1 aromatic carbocycles. The molecule has 4 rings (SSSR count). The predicted octanol–water partition coefficient (Wildman–Crippen LogP) is 5.31. The Balaban J connectivity index is 1.67. The number of carbonyl (C=O) groups excluding carboxylic acids is 1. The number of nitrogens with zero attached hydrogens (tertiary/aromatic N) is 4. The molecule has 2 heterocycles. The van der Waals surface area contributed by atoms with E-state index in [-0.39, 0.29) is 6.10 Å². The zero-order valence-electron chi connectivity index (χ0n) is 18.3. The molecule has 1 unspecified atom stereocenters. The van der Waals surface area contributed by atoms with E-state index < -0.39 is 11.7 Å². The molecule has 0 spiro atoms. The number of carbonyl (C=O) groups is 1. The Morgan fingerprint density at radius 3 is 2.78 bits per heavy atom. The number of nitriles is 1. The van der Waals surface area contributed by atoms with Gasteiger partial charge in [-0.15, -0.1) is 5.10 Å². The van der Waals surface area contributed by atoms with E-state index in [1.165, 1.54) is 11.8 Å². The number of aryl methyl sites for hydroxylation is 1. The largest absolute Gasteiger partial charge is 0.484 e. The van der Waals surface area contributed by atoms with Gasteiger partial charge in [-0.05, 0) is 85.8 Å². The molecule has 0 fully saturated rings. The highest BCUT2D eigenvalue weighted by atomic mass is 79.9. The maximum atomic E-state index is 12.6. The topological polar surface area (TPSA) is 99.3 Å². The first-order chi connectivity index (χ1) is 15.2. The average Bonchev–Trinajstić information content (AvgIpc) is 3.11. The van der Waals surface area contributed by atoms with Crippen molar-refractivity contribution in [1.29, 1.82) is 5.26 Å². The summed E-state index contributed by atoms with van der Waals surface area (Å²) in [6, 6.07) is 9.38. The van der Waals surface area contributed by atoms with Gasteiger partial charge in [0.25, 0.3) is 0 Å². The molecule has 0 amide bonds. The lowest BCUT2D eigenvalue weighted by molar-refractivity contribution is 0.0520. The lowest BCUT2D eigenvalue weighted by Crippen LogP contribution is -2.27. The molecule has 1 aliphatic rings. The molecule has 0 radical (unpaired) electrons. The summed E-state index contributed by atoms with van der Waals surface area (Å²) in [5.41, 5.74) is 2.29. The van der Waals surface area contributed by atoms with E-state index in [0.717, 1.165) is 30.5 Å². The second-order valence-electron chi connectivity index (χ2n) is 8.56. The lowest BCUT2D eigenvalue weighted by atomic mass is 9.93. The number of halogens is 1. The second-order valence-corrected chi connectivity index (χ2v) is 9.31. The molecule has 8 nitrogen and oxygen atoms in total. The Labute approximate surface area is 194 Å². The molecule has 1 aliphatic carbocycles. The molecule has 9 heteroatoms. The molecule has 0 saturated carbocycles. The van der Waals surface area contributed by atoms with Gasteiger partial charge in [-0.25, -0.2) is 9.78 Å². The maximum Gasteiger partial charge on any atom is 0.435 e. The number of hydrogen-bond acceptors (Lipinski definition) is 7. The smallest absolute Gasteiger partial charge is 0.435 e. The highest BCUT2D eigenvalue weighted by molar-refractivity contribution is 9.10. The van der Waals surface area contributed by atoms with Gasteiger partial charge >= 0.3 is 6.09 Å². The van der Waals surface area contributed by atoms with Crippen LogP contribution in [-0.2, 0) is 11.2 Å². The SMILES string of the molecule is COc1nn(C(=O)OC(C)(C)C)c2ccc(OC3CCCc4cc(C#N)c(Br)nc43)cc12. The molecule has 0 aliphatic heterocycles. The Morgan fingerprint density at radius 1 is 1.31 bits per heavy atom. The van der Waals surface area contributed by atoms with Gasteiger partial charge in [-0.1, -0.05) is 0 Å². The van der Waals surface area contributed by atoms with Crippen molar-refractivity contribution in [2.45, 2.75) is 51.7 Å². The zero-order chi connectivity index (χ0) is 23.0. The number of ether oxygens (including phenoxy) is 3. The van der Waals surface area contributed by atoms with Crippen LogP contribution in [0.3, 0.4) is 0 Å². The molecule has 166 valence electrons.